The summed E-state index contributed by atoms with van der Waals surface area (Å²) in [5, 5.41) is 0. The van der Waals surface area contributed by atoms with Crippen LogP contribution in [0.25, 0.3) is 0 Å². The second kappa shape index (κ2) is 10.0. The van der Waals surface area contributed by atoms with E-state index in [2.05, 4.69) is 45.9 Å². The molecule has 0 aromatic heterocycles. The summed E-state index contributed by atoms with van der Waals surface area (Å²) in [6.07, 6.45) is 14.7. The van der Waals surface area contributed by atoms with Gasteiger partial charge >= 0.3 is 0 Å². The molecule has 0 rings (SSSR count). The lowest BCUT2D eigenvalue weighted by atomic mass is 9.92. The quantitative estimate of drug-likeness (QED) is 0.462. The number of hydrogen-bond donors (Lipinski definition) is 0. The third-order valence-corrected chi connectivity index (χ3v) is 3.14. The molecular formula is C15H28. The van der Waals surface area contributed by atoms with Crippen molar-refractivity contribution in [3.05, 3.63) is 23.8 Å². The molecule has 0 heteroatoms. The Morgan fingerprint density at radius 2 is 1.87 bits per heavy atom. The summed E-state index contributed by atoms with van der Waals surface area (Å²) >= 11 is 0. The molecule has 0 radical (unpaired) electrons. The summed E-state index contributed by atoms with van der Waals surface area (Å²) in [5.74, 6) is 0.935. The SMILES string of the molecule is C/C=C\C(=C/C)CCC(CC)CCCC. The Balaban J connectivity index is 3.87. The average Bonchev–Trinajstić information content (AvgIpc) is 2.27. The predicted molar refractivity (Wildman–Crippen MR) is 71.1 cm³/mol. The van der Waals surface area contributed by atoms with Gasteiger partial charge in [0.2, 0.25) is 0 Å². The number of rotatable bonds is 8. The highest BCUT2D eigenvalue weighted by atomic mass is 14.1. The zero-order chi connectivity index (χ0) is 11.5. The Kier molecular flexibility index (Phi) is 9.67. The van der Waals surface area contributed by atoms with Gasteiger partial charge in [0.05, 0.1) is 0 Å². The molecule has 1 atom stereocenters. The zero-order valence-electron chi connectivity index (χ0n) is 11.1. The molecule has 0 aliphatic rings. The van der Waals surface area contributed by atoms with Crippen molar-refractivity contribution in [2.45, 2.75) is 66.2 Å². The lowest BCUT2D eigenvalue weighted by Crippen LogP contribution is -1.99. The molecule has 0 amide bonds. The van der Waals surface area contributed by atoms with E-state index in [0.29, 0.717) is 0 Å². The summed E-state index contributed by atoms with van der Waals surface area (Å²) in [4.78, 5) is 0. The van der Waals surface area contributed by atoms with E-state index in [1.807, 2.05) is 0 Å². The molecule has 0 aliphatic heterocycles. The molecular weight excluding hydrogens is 180 g/mol. The second-order valence-electron chi connectivity index (χ2n) is 4.32. The van der Waals surface area contributed by atoms with Crippen molar-refractivity contribution >= 4 is 0 Å². The standard InChI is InChI=1S/C15H28/c1-5-9-11-15(8-4)13-12-14(7-3)10-6-2/h6-7,10,15H,5,8-9,11-13H2,1-4H3/b10-6-,14-7+. The summed E-state index contributed by atoms with van der Waals surface area (Å²) in [6.45, 7) is 8.84. The van der Waals surface area contributed by atoms with Gasteiger partial charge in [-0.05, 0) is 32.6 Å². The van der Waals surface area contributed by atoms with E-state index in [1.165, 1.54) is 44.1 Å². The first-order valence-corrected chi connectivity index (χ1v) is 6.56. The van der Waals surface area contributed by atoms with Crippen molar-refractivity contribution in [1.29, 1.82) is 0 Å². The third kappa shape index (κ3) is 7.41. The van der Waals surface area contributed by atoms with E-state index in [4.69, 9.17) is 0 Å². The lowest BCUT2D eigenvalue weighted by molar-refractivity contribution is 0.422. The van der Waals surface area contributed by atoms with Crippen LogP contribution in [0.1, 0.15) is 66.2 Å². The summed E-state index contributed by atoms with van der Waals surface area (Å²) in [7, 11) is 0. The largest absolute Gasteiger partial charge is 0.0874 e. The fourth-order valence-corrected chi connectivity index (χ4v) is 1.95. The molecule has 88 valence electrons. The Labute approximate surface area is 96.5 Å². The summed E-state index contributed by atoms with van der Waals surface area (Å²) < 4.78 is 0. The first-order valence-electron chi connectivity index (χ1n) is 6.56. The molecule has 0 fully saturated rings. The molecule has 0 N–H and O–H groups in total. The van der Waals surface area contributed by atoms with Crippen LogP contribution in [-0.2, 0) is 0 Å². The molecule has 0 bridgehead atoms. The molecule has 0 aliphatic carbocycles. The summed E-state index contributed by atoms with van der Waals surface area (Å²) in [5.41, 5.74) is 1.49. The topological polar surface area (TPSA) is 0 Å². The van der Waals surface area contributed by atoms with Crippen molar-refractivity contribution in [1.82, 2.24) is 0 Å². The van der Waals surface area contributed by atoms with Crippen LogP contribution in [0.4, 0.5) is 0 Å². The highest BCUT2D eigenvalue weighted by Gasteiger charge is 2.05. The predicted octanol–water partition coefficient (Wildman–Crippen LogP) is 5.51. The number of unbranched alkanes of at least 4 members (excludes halogenated alkanes) is 1. The Hall–Kier alpha value is -0.520. The molecule has 0 heterocycles. The van der Waals surface area contributed by atoms with Gasteiger partial charge in [0.25, 0.3) is 0 Å². The minimum Gasteiger partial charge on any atom is -0.0874 e. The number of hydrogen-bond acceptors (Lipinski definition) is 0. The molecule has 15 heavy (non-hydrogen) atoms. The highest BCUT2D eigenvalue weighted by Crippen LogP contribution is 2.21. The molecule has 0 saturated heterocycles. The molecule has 1 unspecified atom stereocenters. The Morgan fingerprint density at radius 3 is 2.33 bits per heavy atom. The van der Waals surface area contributed by atoms with Gasteiger partial charge in [-0.1, -0.05) is 63.3 Å². The third-order valence-electron chi connectivity index (χ3n) is 3.14. The van der Waals surface area contributed by atoms with Crippen molar-refractivity contribution < 1.29 is 0 Å². The first-order chi connectivity index (χ1) is 7.28. The van der Waals surface area contributed by atoms with E-state index in [9.17, 15) is 0 Å². The van der Waals surface area contributed by atoms with Crippen molar-refractivity contribution in [2.24, 2.45) is 5.92 Å². The van der Waals surface area contributed by atoms with E-state index < -0.39 is 0 Å². The van der Waals surface area contributed by atoms with Crippen LogP contribution in [0.2, 0.25) is 0 Å². The van der Waals surface area contributed by atoms with Gasteiger partial charge < -0.3 is 0 Å². The van der Waals surface area contributed by atoms with Crippen LogP contribution in [0, 0.1) is 5.92 Å². The maximum Gasteiger partial charge on any atom is -0.0280 e. The van der Waals surface area contributed by atoms with Gasteiger partial charge in [-0.15, -0.1) is 0 Å². The highest BCUT2D eigenvalue weighted by molar-refractivity contribution is 5.16. The molecule has 0 nitrogen and oxygen atoms in total. The molecule has 0 saturated carbocycles. The van der Waals surface area contributed by atoms with Crippen LogP contribution in [0.5, 0.6) is 0 Å². The van der Waals surface area contributed by atoms with E-state index >= 15 is 0 Å². The van der Waals surface area contributed by atoms with Gasteiger partial charge in [-0.3, -0.25) is 0 Å². The van der Waals surface area contributed by atoms with E-state index in [1.54, 1.807) is 0 Å². The smallest absolute Gasteiger partial charge is 0.0280 e. The van der Waals surface area contributed by atoms with E-state index in [-0.39, 0.29) is 0 Å². The van der Waals surface area contributed by atoms with Crippen LogP contribution in [-0.4, -0.2) is 0 Å². The summed E-state index contributed by atoms with van der Waals surface area (Å²) in [6, 6.07) is 0. The van der Waals surface area contributed by atoms with Crippen LogP contribution in [0.15, 0.2) is 23.8 Å². The average molecular weight is 208 g/mol. The molecule has 0 spiro atoms. The van der Waals surface area contributed by atoms with Gasteiger partial charge in [0.1, 0.15) is 0 Å². The van der Waals surface area contributed by atoms with Crippen molar-refractivity contribution in [3.63, 3.8) is 0 Å². The molecule has 0 aromatic carbocycles. The lowest BCUT2D eigenvalue weighted by Gasteiger charge is -2.14. The monoisotopic (exact) mass is 208 g/mol. The van der Waals surface area contributed by atoms with E-state index in [0.717, 1.165) is 5.92 Å². The van der Waals surface area contributed by atoms with Gasteiger partial charge in [-0.25, -0.2) is 0 Å². The number of allylic oxidation sites excluding steroid dienone is 4. The first kappa shape index (κ1) is 14.5. The van der Waals surface area contributed by atoms with Crippen LogP contribution >= 0.6 is 0 Å². The Morgan fingerprint density at radius 1 is 1.13 bits per heavy atom. The van der Waals surface area contributed by atoms with Crippen LogP contribution < -0.4 is 0 Å². The van der Waals surface area contributed by atoms with Gasteiger partial charge in [-0.2, -0.15) is 0 Å². The zero-order valence-corrected chi connectivity index (χ0v) is 11.1. The maximum absolute atomic E-state index is 2.32. The fraction of sp³-hybridized carbons (Fsp3) is 0.733. The second-order valence-corrected chi connectivity index (χ2v) is 4.32. The van der Waals surface area contributed by atoms with Crippen molar-refractivity contribution in [3.8, 4) is 0 Å². The normalized spacial score (nSPS) is 14.8. The van der Waals surface area contributed by atoms with Gasteiger partial charge in [0.15, 0.2) is 0 Å². The Bertz CT molecular complexity index is 186. The minimum atomic E-state index is 0.935. The van der Waals surface area contributed by atoms with Crippen LogP contribution in [0.3, 0.4) is 0 Å². The van der Waals surface area contributed by atoms with Gasteiger partial charge in [0, 0.05) is 0 Å². The fourth-order valence-electron chi connectivity index (χ4n) is 1.95. The minimum absolute atomic E-state index is 0.935. The van der Waals surface area contributed by atoms with Crippen molar-refractivity contribution in [2.75, 3.05) is 0 Å². The molecule has 0 aromatic rings. The maximum atomic E-state index is 2.32.